The van der Waals surface area contributed by atoms with Gasteiger partial charge in [0.25, 0.3) is 0 Å². The molecule has 0 unspecified atom stereocenters. The van der Waals surface area contributed by atoms with Crippen LogP contribution in [0.25, 0.3) is 0 Å². The second kappa shape index (κ2) is 18.7. The summed E-state index contributed by atoms with van der Waals surface area (Å²) in [6.07, 6.45) is 11.6. The molecule has 3 aliphatic heterocycles. The molecule has 2 atom stereocenters. The average molecular weight is 809 g/mol. The van der Waals surface area contributed by atoms with Crippen molar-refractivity contribution in [1.29, 1.82) is 0 Å². The molecule has 0 saturated carbocycles. The summed E-state index contributed by atoms with van der Waals surface area (Å²) < 4.78 is 95.0. The van der Waals surface area contributed by atoms with Gasteiger partial charge in [0, 0.05) is 50.0 Å². The molecule has 0 bridgehead atoms. The van der Waals surface area contributed by atoms with Crippen molar-refractivity contribution < 1.29 is 45.3 Å². The monoisotopic (exact) mass is 808 g/mol. The molecular formula is C40H48N4O10S2. The Hall–Kier alpha value is -4.32. The molecule has 7 rings (SSSR count). The second-order valence-corrected chi connectivity index (χ2v) is 17.4. The molecule has 2 fully saturated rings. The number of hydrogen-bond donors (Lipinski definition) is 0. The summed E-state index contributed by atoms with van der Waals surface area (Å²) in [4.78, 5) is 8.65. The number of sulfonamides is 2. The Morgan fingerprint density at radius 1 is 0.500 bits per heavy atom. The molecule has 14 nitrogen and oxygen atoms in total. The Bertz CT molecular complexity index is 1960. The summed E-state index contributed by atoms with van der Waals surface area (Å²) in [5.74, 6) is 1.30. The van der Waals surface area contributed by atoms with E-state index in [2.05, 4.69) is 9.97 Å². The number of piperidine rings is 2. The van der Waals surface area contributed by atoms with E-state index in [1.807, 2.05) is 24.3 Å². The minimum Gasteiger partial charge on any atom is -0.487 e. The maximum absolute atomic E-state index is 14.1. The first-order valence-corrected chi connectivity index (χ1v) is 22.0. The number of hydrogen-bond acceptors (Lipinski definition) is 12. The molecule has 2 aromatic heterocycles. The smallest absolute Gasteiger partial charge is 0.243 e. The minimum absolute atomic E-state index is 0.105. The van der Waals surface area contributed by atoms with Crippen LogP contribution in [0.4, 0.5) is 0 Å². The average Bonchev–Trinajstić information content (AvgIpc) is 3.23. The molecule has 0 amide bonds. The number of pyridine rings is 2. The maximum Gasteiger partial charge on any atom is 0.243 e. The lowest BCUT2D eigenvalue weighted by atomic mass is 9.99. The standard InChI is InChI=1S/C40H48N4O10S2/c45-55(46,43-17-3-1-9-35(43)31-7-5-15-41-29-31)33-11-13-37-39(27-33)53-25-21-50-22-26-54-40-28-34(12-14-38(40)52-24-20-49-19-23-51-37)56(47,48)44-18-4-2-10-36(44)32-8-6-16-42-30-32/h5-8,11-16,27-30,35-36H,1-4,9-10,17-26H2/t35-,36+. The zero-order valence-electron chi connectivity index (χ0n) is 31.2. The fourth-order valence-corrected chi connectivity index (χ4v) is 10.7. The molecule has 0 radical (unpaired) electrons. The van der Waals surface area contributed by atoms with E-state index in [9.17, 15) is 16.8 Å². The number of fused-ring (bicyclic) bond motifs is 2. The van der Waals surface area contributed by atoms with E-state index in [1.54, 1.807) is 57.7 Å². The Kier molecular flexibility index (Phi) is 13.4. The number of ether oxygens (including phenoxy) is 6. The van der Waals surface area contributed by atoms with Crippen molar-refractivity contribution in [2.45, 2.75) is 60.4 Å². The first kappa shape index (κ1) is 39.9. The SMILES string of the molecule is O=S(=O)(c1ccc2c(c1)OCCOCCOc1cc(S(=O)(=O)N3CCCC[C@H]3c3cccnc3)ccc1OCCOCCO2)N1CCCC[C@@H]1c1cccnc1. The molecule has 2 aromatic carbocycles. The van der Waals surface area contributed by atoms with Gasteiger partial charge in [0.05, 0.1) is 48.3 Å². The fraction of sp³-hybridized carbons (Fsp3) is 0.450. The third-order valence-corrected chi connectivity index (χ3v) is 13.8. The van der Waals surface area contributed by atoms with Gasteiger partial charge < -0.3 is 28.4 Å². The highest BCUT2D eigenvalue weighted by atomic mass is 32.2. The molecule has 0 aliphatic carbocycles. The van der Waals surface area contributed by atoms with Crippen LogP contribution in [0.1, 0.15) is 61.7 Å². The summed E-state index contributed by atoms with van der Waals surface area (Å²) >= 11 is 0. The quantitative estimate of drug-likeness (QED) is 0.239. The highest BCUT2D eigenvalue weighted by Crippen LogP contribution is 2.39. The van der Waals surface area contributed by atoms with Crippen molar-refractivity contribution in [3.8, 4) is 23.0 Å². The maximum atomic E-state index is 14.1. The Morgan fingerprint density at radius 3 is 1.30 bits per heavy atom. The van der Waals surface area contributed by atoms with Crippen LogP contribution in [0.15, 0.2) is 95.2 Å². The molecule has 300 valence electrons. The van der Waals surface area contributed by atoms with Crippen molar-refractivity contribution in [2.75, 3.05) is 65.9 Å². The Morgan fingerprint density at radius 2 is 0.911 bits per heavy atom. The van der Waals surface area contributed by atoms with Crippen molar-refractivity contribution >= 4 is 20.0 Å². The fourth-order valence-electron chi connectivity index (χ4n) is 7.28. The van der Waals surface area contributed by atoms with Crippen molar-refractivity contribution in [3.05, 3.63) is 96.6 Å². The lowest BCUT2D eigenvalue weighted by Gasteiger charge is -2.35. The van der Waals surface area contributed by atoms with Crippen molar-refractivity contribution in [2.24, 2.45) is 0 Å². The van der Waals surface area contributed by atoms with E-state index in [4.69, 9.17) is 28.4 Å². The van der Waals surface area contributed by atoms with Gasteiger partial charge in [0.2, 0.25) is 20.0 Å². The normalized spacial score (nSPS) is 21.4. The molecule has 5 heterocycles. The van der Waals surface area contributed by atoms with Gasteiger partial charge in [-0.1, -0.05) is 25.0 Å². The highest BCUT2D eigenvalue weighted by Gasteiger charge is 2.36. The predicted molar refractivity (Wildman–Crippen MR) is 206 cm³/mol. The summed E-state index contributed by atoms with van der Waals surface area (Å²) in [5.41, 5.74) is 1.72. The van der Waals surface area contributed by atoms with E-state index in [1.165, 1.54) is 12.1 Å². The first-order valence-electron chi connectivity index (χ1n) is 19.1. The topological polar surface area (TPSA) is 156 Å². The summed E-state index contributed by atoms with van der Waals surface area (Å²) in [5, 5.41) is 0. The molecule has 16 heteroatoms. The van der Waals surface area contributed by atoms with E-state index in [0.29, 0.717) is 37.4 Å². The summed E-state index contributed by atoms with van der Waals surface area (Å²) in [7, 11) is -7.78. The zero-order chi connectivity index (χ0) is 38.8. The van der Waals surface area contributed by atoms with Crippen LogP contribution in [0.5, 0.6) is 23.0 Å². The number of nitrogens with zero attached hydrogens (tertiary/aromatic N) is 4. The minimum atomic E-state index is -3.89. The predicted octanol–water partition coefficient (Wildman–Crippen LogP) is 5.57. The van der Waals surface area contributed by atoms with Crippen molar-refractivity contribution in [3.63, 3.8) is 0 Å². The molecule has 0 N–H and O–H groups in total. The van der Waals surface area contributed by atoms with Gasteiger partial charge in [-0.3, -0.25) is 9.97 Å². The van der Waals surface area contributed by atoms with E-state index in [-0.39, 0.29) is 86.2 Å². The van der Waals surface area contributed by atoms with Crippen LogP contribution in [0.2, 0.25) is 0 Å². The molecular weight excluding hydrogens is 761 g/mol. The zero-order valence-corrected chi connectivity index (χ0v) is 32.9. The van der Waals surface area contributed by atoms with Gasteiger partial charge >= 0.3 is 0 Å². The number of benzene rings is 2. The van der Waals surface area contributed by atoms with Gasteiger partial charge in [0.15, 0.2) is 23.0 Å². The van der Waals surface area contributed by atoms with Gasteiger partial charge in [-0.15, -0.1) is 0 Å². The van der Waals surface area contributed by atoms with E-state index in [0.717, 1.165) is 36.8 Å². The highest BCUT2D eigenvalue weighted by molar-refractivity contribution is 7.89. The molecule has 4 aromatic rings. The Labute approximate surface area is 328 Å². The van der Waals surface area contributed by atoms with Gasteiger partial charge in [-0.25, -0.2) is 16.8 Å². The van der Waals surface area contributed by atoms with Crippen LogP contribution in [0, 0.1) is 0 Å². The van der Waals surface area contributed by atoms with Crippen LogP contribution >= 0.6 is 0 Å². The van der Waals surface area contributed by atoms with Crippen LogP contribution in [-0.4, -0.2) is 101 Å². The summed E-state index contributed by atoms with van der Waals surface area (Å²) in [6, 6.07) is 16.1. The molecule has 3 aliphatic rings. The number of rotatable bonds is 6. The lowest BCUT2D eigenvalue weighted by Crippen LogP contribution is -2.38. The van der Waals surface area contributed by atoms with Gasteiger partial charge in [0.1, 0.15) is 26.4 Å². The van der Waals surface area contributed by atoms with Crippen LogP contribution in [-0.2, 0) is 29.5 Å². The lowest BCUT2D eigenvalue weighted by molar-refractivity contribution is 0.0639. The largest absolute Gasteiger partial charge is 0.487 e. The first-order chi connectivity index (χ1) is 27.3. The van der Waals surface area contributed by atoms with E-state index >= 15 is 0 Å². The molecule has 2 saturated heterocycles. The second-order valence-electron chi connectivity index (χ2n) is 13.7. The number of aromatic nitrogens is 2. The molecule has 56 heavy (non-hydrogen) atoms. The van der Waals surface area contributed by atoms with Crippen LogP contribution in [0.3, 0.4) is 0 Å². The van der Waals surface area contributed by atoms with Crippen molar-refractivity contribution in [1.82, 2.24) is 18.6 Å². The third-order valence-electron chi connectivity index (χ3n) is 10.0. The van der Waals surface area contributed by atoms with Gasteiger partial charge in [-0.2, -0.15) is 8.61 Å². The summed E-state index contributed by atoms with van der Waals surface area (Å²) in [6.45, 7) is 2.14. The van der Waals surface area contributed by atoms with E-state index < -0.39 is 20.0 Å². The molecule has 0 spiro atoms. The third kappa shape index (κ3) is 9.44. The van der Waals surface area contributed by atoms with Crippen LogP contribution < -0.4 is 18.9 Å². The Balaban J connectivity index is 1.03. The van der Waals surface area contributed by atoms with Gasteiger partial charge in [-0.05, 0) is 73.2 Å².